The molecule has 9 heavy (non-hydrogen) atoms. The lowest BCUT2D eigenvalue weighted by molar-refractivity contribution is 1.11. The van der Waals surface area contributed by atoms with Crippen molar-refractivity contribution in [2.45, 2.75) is 6.54 Å². The molecule has 4 heteroatoms. The van der Waals surface area contributed by atoms with Gasteiger partial charge >= 0.3 is 0 Å². The summed E-state index contributed by atoms with van der Waals surface area (Å²) in [6, 6.07) is 4.14. The maximum absolute atomic E-state index is 5.37. The zero-order chi connectivity index (χ0) is 5.98. The quantitative estimate of drug-likeness (QED) is 0.782. The Morgan fingerprint density at radius 2 is 2.22 bits per heavy atom. The van der Waals surface area contributed by atoms with Gasteiger partial charge in [-0.2, -0.15) is 0 Å². The topological polar surface area (TPSA) is 26.0 Å². The van der Waals surface area contributed by atoms with Crippen molar-refractivity contribution in [1.29, 1.82) is 0 Å². The van der Waals surface area contributed by atoms with Crippen molar-refractivity contribution in [3.8, 4) is 0 Å². The SMILES string of the molecule is Cl.NCc1ccc(I)s1. The van der Waals surface area contributed by atoms with Crippen molar-refractivity contribution in [2.24, 2.45) is 5.73 Å². The van der Waals surface area contributed by atoms with Gasteiger partial charge in [-0.05, 0) is 34.7 Å². The molecule has 0 saturated carbocycles. The van der Waals surface area contributed by atoms with Crippen LogP contribution in [0.1, 0.15) is 4.88 Å². The fraction of sp³-hybridized carbons (Fsp3) is 0.200. The van der Waals surface area contributed by atoms with E-state index in [-0.39, 0.29) is 12.4 Å². The summed E-state index contributed by atoms with van der Waals surface area (Å²) < 4.78 is 1.31. The Bertz CT molecular complexity index is 177. The molecule has 0 aliphatic rings. The van der Waals surface area contributed by atoms with Crippen LogP contribution in [0.4, 0.5) is 0 Å². The number of hydrogen-bond acceptors (Lipinski definition) is 2. The summed E-state index contributed by atoms with van der Waals surface area (Å²) >= 11 is 4.04. The molecule has 1 aromatic heterocycles. The highest BCUT2D eigenvalue weighted by Gasteiger charge is 1.91. The van der Waals surface area contributed by atoms with Crippen molar-refractivity contribution >= 4 is 46.3 Å². The molecular formula is C5H7ClINS. The van der Waals surface area contributed by atoms with Crippen LogP contribution in [0.2, 0.25) is 0 Å². The third-order valence-corrected chi connectivity index (χ3v) is 2.75. The van der Waals surface area contributed by atoms with Crippen LogP contribution in [0.25, 0.3) is 0 Å². The van der Waals surface area contributed by atoms with Gasteiger partial charge in [-0.15, -0.1) is 23.7 Å². The number of nitrogens with two attached hydrogens (primary N) is 1. The van der Waals surface area contributed by atoms with Gasteiger partial charge in [0.15, 0.2) is 0 Å². The zero-order valence-corrected chi connectivity index (χ0v) is 8.42. The molecule has 2 N–H and O–H groups in total. The summed E-state index contributed by atoms with van der Waals surface area (Å²) in [4.78, 5) is 1.26. The van der Waals surface area contributed by atoms with Gasteiger partial charge in [-0.1, -0.05) is 0 Å². The molecule has 0 fully saturated rings. The van der Waals surface area contributed by atoms with E-state index in [1.807, 2.05) is 0 Å². The first-order valence-corrected chi connectivity index (χ1v) is 4.16. The van der Waals surface area contributed by atoms with Crippen LogP contribution in [0.3, 0.4) is 0 Å². The molecule has 1 nitrogen and oxygen atoms in total. The molecule has 0 aromatic carbocycles. The standard InChI is InChI=1S/C5H6INS.ClH/c6-5-2-1-4(3-7)8-5;/h1-2H,3,7H2;1H. The summed E-state index contributed by atoms with van der Waals surface area (Å²) in [5, 5.41) is 0. The van der Waals surface area contributed by atoms with Gasteiger partial charge in [0, 0.05) is 11.4 Å². The first-order chi connectivity index (χ1) is 3.83. The Labute approximate surface area is 78.2 Å². The average Bonchev–Trinajstić information content (AvgIpc) is 2.14. The van der Waals surface area contributed by atoms with Crippen molar-refractivity contribution in [3.05, 3.63) is 19.9 Å². The van der Waals surface area contributed by atoms with E-state index in [9.17, 15) is 0 Å². The minimum Gasteiger partial charge on any atom is -0.326 e. The van der Waals surface area contributed by atoms with Gasteiger partial charge in [-0.25, -0.2) is 0 Å². The summed E-state index contributed by atoms with van der Waals surface area (Å²) in [5.74, 6) is 0. The van der Waals surface area contributed by atoms with Crippen LogP contribution in [0.5, 0.6) is 0 Å². The second-order valence-electron chi connectivity index (χ2n) is 1.41. The molecule has 1 rings (SSSR count). The summed E-state index contributed by atoms with van der Waals surface area (Å²) in [7, 11) is 0. The predicted octanol–water partition coefficient (Wildman–Crippen LogP) is 2.23. The lowest BCUT2D eigenvalue weighted by Gasteiger charge is -1.80. The fourth-order valence-electron chi connectivity index (χ4n) is 0.461. The molecule has 0 atom stereocenters. The van der Waals surface area contributed by atoms with Crippen LogP contribution in [0, 0.1) is 2.88 Å². The van der Waals surface area contributed by atoms with Crippen molar-refractivity contribution in [3.63, 3.8) is 0 Å². The van der Waals surface area contributed by atoms with Gasteiger partial charge in [0.25, 0.3) is 0 Å². The van der Waals surface area contributed by atoms with E-state index >= 15 is 0 Å². The van der Waals surface area contributed by atoms with Crippen molar-refractivity contribution in [1.82, 2.24) is 0 Å². The Kier molecular flexibility index (Phi) is 4.83. The monoisotopic (exact) mass is 275 g/mol. The maximum atomic E-state index is 5.37. The summed E-state index contributed by atoms with van der Waals surface area (Å²) in [6.07, 6.45) is 0. The largest absolute Gasteiger partial charge is 0.326 e. The van der Waals surface area contributed by atoms with Gasteiger partial charge in [0.05, 0.1) is 2.88 Å². The third-order valence-electron chi connectivity index (χ3n) is 0.830. The second kappa shape index (κ2) is 4.49. The molecule has 1 aromatic rings. The predicted molar refractivity (Wildman–Crippen MR) is 52.2 cm³/mol. The minimum absolute atomic E-state index is 0. The summed E-state index contributed by atoms with van der Waals surface area (Å²) in [5.41, 5.74) is 5.37. The molecule has 0 aliphatic carbocycles. The van der Waals surface area contributed by atoms with E-state index in [0.29, 0.717) is 6.54 Å². The number of halogens is 2. The maximum Gasteiger partial charge on any atom is 0.0656 e. The Morgan fingerprint density at radius 1 is 1.56 bits per heavy atom. The normalized spacial score (nSPS) is 8.67. The smallest absolute Gasteiger partial charge is 0.0656 e. The molecule has 0 bridgehead atoms. The van der Waals surface area contributed by atoms with Crippen LogP contribution in [0.15, 0.2) is 12.1 Å². The van der Waals surface area contributed by atoms with Crippen LogP contribution in [-0.2, 0) is 6.54 Å². The highest BCUT2D eigenvalue weighted by Crippen LogP contribution is 2.16. The molecule has 0 unspecified atom stereocenters. The second-order valence-corrected chi connectivity index (χ2v) is 4.47. The molecular weight excluding hydrogens is 268 g/mol. The Hall–Kier alpha value is 0.680. The molecule has 1 heterocycles. The number of hydrogen-bond donors (Lipinski definition) is 1. The molecule has 0 amide bonds. The minimum atomic E-state index is 0. The molecule has 0 aliphatic heterocycles. The first-order valence-electron chi connectivity index (χ1n) is 2.27. The summed E-state index contributed by atoms with van der Waals surface area (Å²) in [6.45, 7) is 0.674. The Morgan fingerprint density at radius 3 is 2.44 bits per heavy atom. The van der Waals surface area contributed by atoms with Crippen LogP contribution < -0.4 is 5.73 Å². The average molecular weight is 276 g/mol. The van der Waals surface area contributed by atoms with E-state index in [0.717, 1.165) is 0 Å². The lowest BCUT2D eigenvalue weighted by Crippen LogP contribution is -1.90. The highest BCUT2D eigenvalue weighted by molar-refractivity contribution is 14.1. The van der Waals surface area contributed by atoms with E-state index in [4.69, 9.17) is 5.73 Å². The highest BCUT2D eigenvalue weighted by atomic mass is 127. The van der Waals surface area contributed by atoms with Crippen molar-refractivity contribution in [2.75, 3.05) is 0 Å². The third kappa shape index (κ3) is 2.84. The lowest BCUT2D eigenvalue weighted by atomic mass is 10.5. The van der Waals surface area contributed by atoms with E-state index < -0.39 is 0 Å². The molecule has 0 saturated heterocycles. The van der Waals surface area contributed by atoms with Gasteiger partial charge in [0.1, 0.15) is 0 Å². The van der Waals surface area contributed by atoms with Crippen LogP contribution in [-0.4, -0.2) is 0 Å². The van der Waals surface area contributed by atoms with Crippen molar-refractivity contribution < 1.29 is 0 Å². The zero-order valence-electron chi connectivity index (χ0n) is 4.63. The fourth-order valence-corrected chi connectivity index (χ4v) is 2.10. The Balaban J connectivity index is 0.000000640. The number of thiophene rings is 1. The molecule has 0 radical (unpaired) electrons. The first kappa shape index (κ1) is 9.68. The van der Waals surface area contributed by atoms with E-state index in [1.165, 1.54) is 7.76 Å². The van der Waals surface area contributed by atoms with Gasteiger partial charge < -0.3 is 5.73 Å². The van der Waals surface area contributed by atoms with Crippen LogP contribution >= 0.6 is 46.3 Å². The number of rotatable bonds is 1. The molecule has 0 spiro atoms. The van der Waals surface area contributed by atoms with E-state index in [2.05, 4.69) is 34.7 Å². The van der Waals surface area contributed by atoms with Gasteiger partial charge in [0.2, 0.25) is 0 Å². The van der Waals surface area contributed by atoms with E-state index in [1.54, 1.807) is 11.3 Å². The molecule has 52 valence electrons. The van der Waals surface area contributed by atoms with Gasteiger partial charge in [-0.3, -0.25) is 0 Å².